The van der Waals surface area contributed by atoms with E-state index in [9.17, 15) is 4.79 Å². The van der Waals surface area contributed by atoms with Crippen molar-refractivity contribution in [1.29, 1.82) is 0 Å². The SMILES string of the molecule is Cn1cc(N2CC(c3nc(CC4CCOCC4)no3)CCC2=O)cn1. The van der Waals surface area contributed by atoms with Gasteiger partial charge in [0, 0.05) is 45.8 Å². The van der Waals surface area contributed by atoms with Crippen LogP contribution in [0.2, 0.25) is 0 Å². The highest BCUT2D eigenvalue weighted by atomic mass is 16.5. The zero-order valence-electron chi connectivity index (χ0n) is 14.4. The molecule has 25 heavy (non-hydrogen) atoms. The van der Waals surface area contributed by atoms with E-state index in [-0.39, 0.29) is 11.8 Å². The lowest BCUT2D eigenvalue weighted by molar-refractivity contribution is -0.119. The van der Waals surface area contributed by atoms with Crippen LogP contribution < -0.4 is 4.90 Å². The molecule has 0 aromatic carbocycles. The number of aromatic nitrogens is 4. The van der Waals surface area contributed by atoms with Crippen molar-refractivity contribution >= 4 is 11.6 Å². The molecule has 8 heteroatoms. The fourth-order valence-electron chi connectivity index (χ4n) is 3.57. The van der Waals surface area contributed by atoms with Crippen LogP contribution in [-0.4, -0.2) is 45.6 Å². The molecule has 0 saturated carbocycles. The molecule has 4 rings (SSSR count). The minimum absolute atomic E-state index is 0.0776. The number of hydrogen-bond acceptors (Lipinski definition) is 6. The van der Waals surface area contributed by atoms with E-state index in [2.05, 4.69) is 15.2 Å². The Morgan fingerprint density at radius 3 is 2.88 bits per heavy atom. The highest BCUT2D eigenvalue weighted by Gasteiger charge is 2.32. The molecule has 1 unspecified atom stereocenters. The van der Waals surface area contributed by atoms with Gasteiger partial charge < -0.3 is 14.2 Å². The van der Waals surface area contributed by atoms with Gasteiger partial charge >= 0.3 is 0 Å². The quantitative estimate of drug-likeness (QED) is 0.838. The van der Waals surface area contributed by atoms with Crippen molar-refractivity contribution in [2.75, 3.05) is 24.7 Å². The number of piperidine rings is 1. The lowest BCUT2D eigenvalue weighted by Crippen LogP contribution is -2.39. The van der Waals surface area contributed by atoms with Crippen molar-refractivity contribution in [1.82, 2.24) is 19.9 Å². The summed E-state index contributed by atoms with van der Waals surface area (Å²) in [6.45, 7) is 2.20. The minimum atomic E-state index is 0.0776. The third kappa shape index (κ3) is 3.58. The van der Waals surface area contributed by atoms with Crippen molar-refractivity contribution in [3.63, 3.8) is 0 Å². The smallest absolute Gasteiger partial charge is 0.231 e. The van der Waals surface area contributed by atoms with Crippen LogP contribution >= 0.6 is 0 Å². The summed E-state index contributed by atoms with van der Waals surface area (Å²) < 4.78 is 12.6. The third-order valence-electron chi connectivity index (χ3n) is 5.06. The van der Waals surface area contributed by atoms with Gasteiger partial charge in [0.2, 0.25) is 11.8 Å². The molecule has 0 radical (unpaired) electrons. The van der Waals surface area contributed by atoms with Crippen LogP contribution in [-0.2, 0) is 23.0 Å². The Hall–Kier alpha value is -2.22. The van der Waals surface area contributed by atoms with Crippen molar-refractivity contribution in [2.24, 2.45) is 13.0 Å². The molecule has 8 nitrogen and oxygen atoms in total. The van der Waals surface area contributed by atoms with Gasteiger partial charge in [-0.3, -0.25) is 9.48 Å². The summed E-state index contributed by atoms with van der Waals surface area (Å²) in [7, 11) is 1.84. The average molecular weight is 345 g/mol. The maximum atomic E-state index is 12.3. The Morgan fingerprint density at radius 1 is 1.28 bits per heavy atom. The lowest BCUT2D eigenvalue weighted by Gasteiger charge is -2.29. The summed E-state index contributed by atoms with van der Waals surface area (Å²) in [6, 6.07) is 0. The monoisotopic (exact) mass is 345 g/mol. The fourth-order valence-corrected chi connectivity index (χ4v) is 3.57. The first kappa shape index (κ1) is 16.3. The van der Waals surface area contributed by atoms with Gasteiger partial charge in [0.05, 0.1) is 17.8 Å². The molecule has 4 heterocycles. The zero-order chi connectivity index (χ0) is 17.2. The standard InChI is InChI=1S/C17H23N5O3/c1-21-11-14(9-18-21)22-10-13(2-3-16(22)23)17-19-15(20-25-17)8-12-4-6-24-7-5-12/h9,11-13H,2-8,10H2,1H3. The largest absolute Gasteiger partial charge is 0.381 e. The van der Waals surface area contributed by atoms with Crippen LogP contribution in [0.1, 0.15) is 43.3 Å². The summed E-state index contributed by atoms with van der Waals surface area (Å²) >= 11 is 0. The maximum Gasteiger partial charge on any atom is 0.231 e. The molecular weight excluding hydrogens is 322 g/mol. The Balaban J connectivity index is 1.43. The van der Waals surface area contributed by atoms with Gasteiger partial charge in [0.1, 0.15) is 0 Å². The molecule has 2 aliphatic heterocycles. The van der Waals surface area contributed by atoms with E-state index < -0.39 is 0 Å². The number of rotatable bonds is 4. The highest BCUT2D eigenvalue weighted by Crippen LogP contribution is 2.30. The molecule has 134 valence electrons. The van der Waals surface area contributed by atoms with E-state index in [4.69, 9.17) is 9.26 Å². The van der Waals surface area contributed by atoms with Gasteiger partial charge in [0.15, 0.2) is 5.82 Å². The Bertz CT molecular complexity index is 734. The highest BCUT2D eigenvalue weighted by molar-refractivity contribution is 5.94. The lowest BCUT2D eigenvalue weighted by atomic mass is 9.96. The van der Waals surface area contributed by atoms with Crippen LogP contribution in [0, 0.1) is 5.92 Å². The van der Waals surface area contributed by atoms with Gasteiger partial charge in [0.25, 0.3) is 0 Å². The van der Waals surface area contributed by atoms with Crippen molar-refractivity contribution in [2.45, 2.75) is 38.0 Å². The van der Waals surface area contributed by atoms with E-state index in [1.807, 2.05) is 13.2 Å². The topological polar surface area (TPSA) is 86.3 Å². The van der Waals surface area contributed by atoms with Crippen LogP contribution in [0.5, 0.6) is 0 Å². The van der Waals surface area contributed by atoms with Crippen molar-refractivity contribution in [3.05, 3.63) is 24.1 Å². The molecule has 2 aliphatic rings. The molecule has 0 bridgehead atoms. The molecule has 1 atom stereocenters. The van der Waals surface area contributed by atoms with Crippen molar-refractivity contribution < 1.29 is 14.1 Å². The van der Waals surface area contributed by atoms with Crippen molar-refractivity contribution in [3.8, 4) is 0 Å². The van der Waals surface area contributed by atoms with E-state index in [0.717, 1.165) is 50.4 Å². The van der Waals surface area contributed by atoms with Crippen LogP contribution in [0.25, 0.3) is 0 Å². The number of amides is 1. The normalized spacial score (nSPS) is 22.5. The van der Waals surface area contributed by atoms with Crippen LogP contribution in [0.3, 0.4) is 0 Å². The first-order valence-corrected chi connectivity index (χ1v) is 8.88. The van der Waals surface area contributed by atoms with Gasteiger partial charge in [-0.2, -0.15) is 10.1 Å². The number of ether oxygens (including phenoxy) is 1. The maximum absolute atomic E-state index is 12.3. The summed E-state index contributed by atoms with van der Waals surface area (Å²) in [4.78, 5) is 18.6. The van der Waals surface area contributed by atoms with Gasteiger partial charge in [-0.15, -0.1) is 0 Å². The van der Waals surface area contributed by atoms with Gasteiger partial charge in [-0.05, 0) is 25.2 Å². The second kappa shape index (κ2) is 6.95. The first-order chi connectivity index (χ1) is 12.2. The predicted octanol–water partition coefficient (Wildman–Crippen LogP) is 1.68. The summed E-state index contributed by atoms with van der Waals surface area (Å²) in [6.07, 6.45) is 7.74. The molecule has 2 fully saturated rings. The molecular formula is C17H23N5O3. The number of nitrogens with zero attached hydrogens (tertiary/aromatic N) is 5. The van der Waals surface area contributed by atoms with E-state index in [1.54, 1.807) is 15.8 Å². The van der Waals surface area contributed by atoms with E-state index in [1.165, 1.54) is 0 Å². The Morgan fingerprint density at radius 2 is 2.12 bits per heavy atom. The molecule has 0 N–H and O–H groups in total. The van der Waals surface area contributed by atoms with E-state index in [0.29, 0.717) is 24.8 Å². The number of carbonyl (C=O) groups is 1. The number of carbonyl (C=O) groups excluding carboxylic acids is 1. The molecule has 2 aromatic heterocycles. The molecule has 2 saturated heterocycles. The van der Waals surface area contributed by atoms with Crippen LogP contribution in [0.4, 0.5) is 5.69 Å². The Labute approximate surface area is 146 Å². The fraction of sp³-hybridized carbons (Fsp3) is 0.647. The van der Waals surface area contributed by atoms with Gasteiger partial charge in [-0.1, -0.05) is 5.16 Å². The zero-order valence-corrected chi connectivity index (χ0v) is 14.4. The molecule has 2 aromatic rings. The average Bonchev–Trinajstić information content (AvgIpc) is 3.26. The van der Waals surface area contributed by atoms with Gasteiger partial charge in [-0.25, -0.2) is 0 Å². The second-order valence-corrected chi connectivity index (χ2v) is 6.92. The number of anilines is 1. The predicted molar refractivity (Wildman–Crippen MR) is 89.1 cm³/mol. The first-order valence-electron chi connectivity index (χ1n) is 8.88. The minimum Gasteiger partial charge on any atom is -0.381 e. The molecule has 1 amide bonds. The molecule has 0 aliphatic carbocycles. The number of aryl methyl sites for hydroxylation is 1. The summed E-state index contributed by atoms with van der Waals surface area (Å²) in [5.74, 6) is 2.18. The summed E-state index contributed by atoms with van der Waals surface area (Å²) in [5.41, 5.74) is 0.819. The van der Waals surface area contributed by atoms with Crippen LogP contribution in [0.15, 0.2) is 16.9 Å². The second-order valence-electron chi connectivity index (χ2n) is 6.92. The van der Waals surface area contributed by atoms with E-state index >= 15 is 0 Å². The summed E-state index contributed by atoms with van der Waals surface area (Å²) in [5, 5.41) is 8.31. The third-order valence-corrected chi connectivity index (χ3v) is 5.06. The Kier molecular flexibility index (Phi) is 4.52. The molecule has 0 spiro atoms. The number of hydrogen-bond donors (Lipinski definition) is 0.